The summed E-state index contributed by atoms with van der Waals surface area (Å²) in [5.74, 6) is -1.46. The third-order valence-corrected chi connectivity index (χ3v) is 6.70. The molecule has 9 N–H and O–H groups in total. The summed E-state index contributed by atoms with van der Waals surface area (Å²) in [5.41, 5.74) is -0.0105. The van der Waals surface area contributed by atoms with Crippen LogP contribution in [0.1, 0.15) is 15.9 Å². The molecule has 10 atom stereocenters. The minimum Gasteiger partial charge on any atom is -0.508 e. The lowest BCUT2D eigenvalue weighted by molar-refractivity contribution is -0.277. The topological polar surface area (TPSA) is 245 Å². The van der Waals surface area contributed by atoms with Crippen molar-refractivity contribution < 1.29 is 74.4 Å². The average Bonchev–Trinajstić information content (AvgIpc) is 2.97. The van der Waals surface area contributed by atoms with Crippen LogP contribution in [0.2, 0.25) is 0 Å². The Balaban J connectivity index is 1.47. The molecule has 15 nitrogen and oxygen atoms in total. The van der Waals surface area contributed by atoms with Gasteiger partial charge in [0, 0.05) is 5.56 Å². The molecule has 15 heteroatoms. The van der Waals surface area contributed by atoms with Crippen LogP contribution < -0.4 is 9.47 Å². The molecule has 2 fully saturated rings. The van der Waals surface area contributed by atoms with Gasteiger partial charge in [0.05, 0.1) is 13.2 Å². The fourth-order valence-corrected chi connectivity index (χ4v) is 4.32. The summed E-state index contributed by atoms with van der Waals surface area (Å²) in [5, 5.41) is 89.3. The lowest BCUT2D eigenvalue weighted by Gasteiger charge is -2.39. The van der Waals surface area contributed by atoms with Crippen LogP contribution in [0.3, 0.4) is 0 Å². The molecule has 2 aromatic carbocycles. The van der Waals surface area contributed by atoms with E-state index in [1.165, 1.54) is 24.3 Å². The second kappa shape index (κ2) is 13.3. The van der Waals surface area contributed by atoms with Crippen LogP contribution in [0.25, 0.3) is 0 Å². The fourth-order valence-electron chi connectivity index (χ4n) is 4.32. The number of carbonyl (C=O) groups excluding carboxylic acids is 1. The number of ether oxygens (including phenoxy) is 5. The molecular weight excluding hydrogens is 552 g/mol. The van der Waals surface area contributed by atoms with Gasteiger partial charge < -0.3 is 69.6 Å². The van der Waals surface area contributed by atoms with Gasteiger partial charge in [-0.1, -0.05) is 18.2 Å². The zero-order valence-corrected chi connectivity index (χ0v) is 21.4. The van der Waals surface area contributed by atoms with Crippen molar-refractivity contribution in [3.05, 3.63) is 53.6 Å². The van der Waals surface area contributed by atoms with E-state index in [0.717, 1.165) is 6.07 Å². The van der Waals surface area contributed by atoms with E-state index in [9.17, 15) is 50.8 Å². The van der Waals surface area contributed by atoms with Gasteiger partial charge in [-0.3, -0.25) is 0 Å². The van der Waals surface area contributed by atoms with E-state index >= 15 is 0 Å². The van der Waals surface area contributed by atoms with E-state index in [0.29, 0.717) is 0 Å². The number of aromatic hydroxyl groups is 1. The average molecular weight is 585 g/mol. The number of hydrogen-bond acceptors (Lipinski definition) is 15. The second-order valence-electron chi connectivity index (χ2n) is 9.49. The summed E-state index contributed by atoms with van der Waals surface area (Å²) in [6, 6.07) is 9.56. The lowest BCUT2D eigenvalue weighted by Crippen LogP contribution is -2.60. The van der Waals surface area contributed by atoms with Crippen LogP contribution >= 0.6 is 0 Å². The SMILES string of the molecule is O=C(OCc1ccccc1OC1OC(CO)C(O)C(O)C1O)c1cc(O)ccc1OC1OC(CO)C(O)C(O)C1O. The zero-order chi connectivity index (χ0) is 29.8. The molecule has 4 rings (SSSR count). The second-order valence-corrected chi connectivity index (χ2v) is 9.49. The van der Waals surface area contributed by atoms with Crippen LogP contribution in [0.15, 0.2) is 42.5 Å². The number of aliphatic hydroxyl groups is 8. The van der Waals surface area contributed by atoms with E-state index in [1.54, 1.807) is 12.1 Å². The highest BCUT2D eigenvalue weighted by Gasteiger charge is 2.46. The number of phenolic OH excluding ortho intramolecular Hbond substituents is 1. The highest BCUT2D eigenvalue weighted by molar-refractivity contribution is 5.93. The van der Waals surface area contributed by atoms with E-state index in [2.05, 4.69) is 0 Å². The van der Waals surface area contributed by atoms with Crippen molar-refractivity contribution in [3.63, 3.8) is 0 Å². The van der Waals surface area contributed by atoms with Crippen molar-refractivity contribution in [1.82, 2.24) is 0 Å². The Kier molecular flexibility index (Phi) is 9.98. The first-order valence-electron chi connectivity index (χ1n) is 12.6. The number of rotatable bonds is 9. The van der Waals surface area contributed by atoms with Crippen molar-refractivity contribution in [1.29, 1.82) is 0 Å². The van der Waals surface area contributed by atoms with Gasteiger partial charge in [0.25, 0.3) is 0 Å². The predicted octanol–water partition coefficient (Wildman–Crippen LogP) is -2.89. The Morgan fingerprint density at radius 1 is 0.707 bits per heavy atom. The first-order chi connectivity index (χ1) is 19.5. The maximum atomic E-state index is 13.0. The predicted molar refractivity (Wildman–Crippen MR) is 132 cm³/mol. The normalized spacial score (nSPS) is 33.7. The Labute approximate surface area is 232 Å². The molecule has 41 heavy (non-hydrogen) atoms. The van der Waals surface area contributed by atoms with Gasteiger partial charge in [0.2, 0.25) is 12.6 Å². The molecule has 0 bridgehead atoms. The third-order valence-electron chi connectivity index (χ3n) is 6.70. The summed E-state index contributed by atoms with van der Waals surface area (Å²) in [4.78, 5) is 13.0. The summed E-state index contributed by atoms with van der Waals surface area (Å²) < 4.78 is 27.3. The van der Waals surface area contributed by atoms with Crippen LogP contribution in [0.5, 0.6) is 17.2 Å². The van der Waals surface area contributed by atoms with Crippen LogP contribution in [0, 0.1) is 0 Å². The molecule has 2 aromatic rings. The molecule has 2 heterocycles. The molecule has 2 aliphatic heterocycles. The molecule has 0 saturated carbocycles. The van der Waals surface area contributed by atoms with E-state index in [4.69, 9.17) is 23.7 Å². The number of phenols is 1. The molecule has 0 radical (unpaired) electrons. The molecule has 0 spiro atoms. The molecule has 2 aliphatic rings. The Morgan fingerprint density at radius 2 is 1.24 bits per heavy atom. The first-order valence-corrected chi connectivity index (χ1v) is 12.6. The summed E-state index contributed by atoms with van der Waals surface area (Å²) in [6.45, 7) is -1.75. The molecule has 0 aromatic heterocycles. The number of carbonyl (C=O) groups is 1. The Bertz CT molecular complexity index is 1170. The van der Waals surface area contributed by atoms with Gasteiger partial charge in [-0.05, 0) is 24.3 Å². The highest BCUT2D eigenvalue weighted by atomic mass is 16.7. The lowest BCUT2D eigenvalue weighted by atomic mass is 9.99. The van der Waals surface area contributed by atoms with Gasteiger partial charge in [-0.25, -0.2) is 4.79 Å². The van der Waals surface area contributed by atoms with E-state index < -0.39 is 87.2 Å². The van der Waals surface area contributed by atoms with E-state index in [1.807, 2.05) is 0 Å². The number of esters is 1. The van der Waals surface area contributed by atoms with Crippen LogP contribution in [-0.2, 0) is 20.8 Å². The first kappa shape index (κ1) is 30.9. The number of para-hydroxylation sites is 1. The molecular formula is C26H32O15. The number of hydrogen-bond donors (Lipinski definition) is 9. The minimum atomic E-state index is -1.75. The molecule has 0 aliphatic carbocycles. The van der Waals surface area contributed by atoms with Gasteiger partial charge in [-0.2, -0.15) is 0 Å². The van der Waals surface area contributed by atoms with Crippen molar-refractivity contribution in [3.8, 4) is 17.2 Å². The van der Waals surface area contributed by atoms with Gasteiger partial charge in [-0.15, -0.1) is 0 Å². The smallest absolute Gasteiger partial charge is 0.342 e. The minimum absolute atomic E-state index is 0.0818. The van der Waals surface area contributed by atoms with Crippen molar-refractivity contribution in [2.45, 2.75) is 68.0 Å². The summed E-state index contributed by atoms with van der Waals surface area (Å²) in [6.07, 6.45) is -15.5. The maximum Gasteiger partial charge on any atom is 0.342 e. The zero-order valence-electron chi connectivity index (χ0n) is 21.4. The van der Waals surface area contributed by atoms with Gasteiger partial charge in [0.15, 0.2) is 0 Å². The summed E-state index contributed by atoms with van der Waals surface area (Å²) >= 11 is 0. The Morgan fingerprint density at radius 3 is 1.80 bits per heavy atom. The molecule has 226 valence electrons. The van der Waals surface area contributed by atoms with Crippen LogP contribution in [0.4, 0.5) is 0 Å². The molecule has 10 unspecified atom stereocenters. The standard InChI is InChI=1S/C26H32O15/c27-8-16-18(30)20(32)22(34)25(40-16)38-14-4-2-1-3-11(14)10-37-24(36)13-7-12(29)5-6-15(13)39-26-23(35)21(33)19(31)17(9-28)41-26/h1-7,16-23,25-35H,8-10H2. The number of benzene rings is 2. The monoisotopic (exact) mass is 584 g/mol. The largest absolute Gasteiger partial charge is 0.508 e. The molecule has 2 saturated heterocycles. The van der Waals surface area contributed by atoms with E-state index in [-0.39, 0.29) is 28.4 Å². The number of aliphatic hydroxyl groups excluding tert-OH is 8. The quantitative estimate of drug-likeness (QED) is 0.134. The summed E-state index contributed by atoms with van der Waals surface area (Å²) in [7, 11) is 0. The fraction of sp³-hybridized carbons (Fsp3) is 0.500. The van der Waals surface area contributed by atoms with Gasteiger partial charge >= 0.3 is 5.97 Å². The van der Waals surface area contributed by atoms with Crippen molar-refractivity contribution in [2.24, 2.45) is 0 Å². The maximum absolute atomic E-state index is 13.0. The third kappa shape index (κ3) is 6.70. The van der Waals surface area contributed by atoms with Gasteiger partial charge in [0.1, 0.15) is 78.3 Å². The molecule has 0 amide bonds. The van der Waals surface area contributed by atoms with Crippen LogP contribution in [-0.4, -0.2) is 127 Å². The Hall–Kier alpha value is -3.09. The van der Waals surface area contributed by atoms with Crippen molar-refractivity contribution in [2.75, 3.05) is 13.2 Å². The van der Waals surface area contributed by atoms with Crippen molar-refractivity contribution >= 4 is 5.97 Å². The highest BCUT2D eigenvalue weighted by Crippen LogP contribution is 2.31.